The molecule has 124 valence electrons. The molecule has 3 aromatic rings. The Labute approximate surface area is 144 Å². The van der Waals surface area contributed by atoms with Crippen molar-refractivity contribution in [2.75, 3.05) is 43.1 Å². The smallest absolute Gasteiger partial charge is 0.156 e. The molecule has 1 saturated heterocycles. The number of piperazine rings is 1. The number of aromatic nitrogens is 3. The third-order valence-electron chi connectivity index (χ3n) is 4.23. The fraction of sp³-hybridized carbons (Fsp3) is 0.353. The highest BCUT2D eigenvalue weighted by Gasteiger charge is 2.21. The molecule has 6 nitrogen and oxygen atoms in total. The van der Waals surface area contributed by atoms with Crippen LogP contribution in [0.4, 0.5) is 11.6 Å². The first-order valence-corrected chi connectivity index (χ1v) is 8.86. The van der Waals surface area contributed by atoms with E-state index in [1.165, 1.54) is 10.1 Å². The zero-order valence-electron chi connectivity index (χ0n) is 13.6. The second-order valence-electron chi connectivity index (χ2n) is 5.71. The summed E-state index contributed by atoms with van der Waals surface area (Å²) < 4.78 is 6.41. The van der Waals surface area contributed by atoms with Crippen LogP contribution in [0.3, 0.4) is 0 Å². The molecular formula is C17H19N5OS. The highest BCUT2D eigenvalue weighted by atomic mass is 32.1. The molecule has 0 amide bonds. The van der Waals surface area contributed by atoms with Crippen LogP contribution in [0.2, 0.25) is 0 Å². The largest absolute Gasteiger partial charge is 0.377 e. The van der Waals surface area contributed by atoms with E-state index in [9.17, 15) is 0 Å². The predicted molar refractivity (Wildman–Crippen MR) is 96.8 cm³/mol. The first-order chi connectivity index (χ1) is 11.8. The minimum atomic E-state index is 0.442. The summed E-state index contributed by atoms with van der Waals surface area (Å²) in [5.74, 6) is 2.79. The molecule has 0 bridgehead atoms. The molecule has 4 heterocycles. The molecule has 24 heavy (non-hydrogen) atoms. The van der Waals surface area contributed by atoms with E-state index in [4.69, 9.17) is 4.74 Å². The van der Waals surface area contributed by atoms with Gasteiger partial charge in [-0.1, -0.05) is 0 Å². The van der Waals surface area contributed by atoms with E-state index in [1.807, 2.05) is 12.3 Å². The maximum absolute atomic E-state index is 5.12. The lowest BCUT2D eigenvalue weighted by molar-refractivity contribution is 0.178. The molecule has 0 unspecified atom stereocenters. The number of hydrogen-bond donors (Lipinski definition) is 0. The molecule has 1 aliphatic heterocycles. The van der Waals surface area contributed by atoms with Crippen LogP contribution in [0.25, 0.3) is 10.1 Å². The number of hydrogen-bond acceptors (Lipinski definition) is 7. The van der Waals surface area contributed by atoms with Crippen LogP contribution >= 0.6 is 11.3 Å². The lowest BCUT2D eigenvalue weighted by atomic mass is 10.2. The Morgan fingerprint density at radius 2 is 1.83 bits per heavy atom. The Hall–Kier alpha value is -2.25. The minimum Gasteiger partial charge on any atom is -0.377 e. The second-order valence-corrected chi connectivity index (χ2v) is 6.65. The second kappa shape index (κ2) is 6.70. The molecule has 0 saturated carbocycles. The summed E-state index contributed by atoms with van der Waals surface area (Å²) in [7, 11) is 1.66. The Morgan fingerprint density at radius 3 is 2.67 bits per heavy atom. The molecular weight excluding hydrogens is 322 g/mol. The topological polar surface area (TPSA) is 54.4 Å². The fourth-order valence-corrected chi connectivity index (χ4v) is 3.82. The van der Waals surface area contributed by atoms with E-state index in [0.717, 1.165) is 43.6 Å². The third kappa shape index (κ3) is 2.92. The molecule has 1 aliphatic rings. The van der Waals surface area contributed by atoms with Gasteiger partial charge in [-0.15, -0.1) is 11.3 Å². The van der Waals surface area contributed by atoms with Gasteiger partial charge in [-0.25, -0.2) is 15.0 Å². The first kappa shape index (κ1) is 15.3. The average molecular weight is 341 g/mol. The third-order valence-corrected chi connectivity index (χ3v) is 5.11. The van der Waals surface area contributed by atoms with Gasteiger partial charge in [0.15, 0.2) is 5.82 Å². The number of fused-ring (bicyclic) bond motifs is 1. The highest BCUT2D eigenvalue weighted by Crippen LogP contribution is 2.29. The van der Waals surface area contributed by atoms with Crippen molar-refractivity contribution in [3.8, 4) is 0 Å². The number of methoxy groups -OCH3 is 1. The summed E-state index contributed by atoms with van der Waals surface area (Å²) >= 11 is 1.76. The number of thiophene rings is 1. The Kier molecular flexibility index (Phi) is 4.27. The molecule has 0 N–H and O–H groups in total. The molecule has 7 heteroatoms. The van der Waals surface area contributed by atoms with E-state index >= 15 is 0 Å². The normalized spacial score (nSPS) is 15.2. The molecule has 0 aliphatic carbocycles. The van der Waals surface area contributed by atoms with E-state index in [0.29, 0.717) is 6.61 Å². The fourth-order valence-electron chi connectivity index (χ4n) is 3.04. The van der Waals surface area contributed by atoms with Crippen molar-refractivity contribution in [2.24, 2.45) is 0 Å². The monoisotopic (exact) mass is 341 g/mol. The summed E-state index contributed by atoms with van der Waals surface area (Å²) in [6, 6.07) is 6.21. The molecule has 4 rings (SSSR count). The summed E-state index contributed by atoms with van der Waals surface area (Å²) in [6.45, 7) is 4.16. The zero-order chi connectivity index (χ0) is 16.4. The summed E-state index contributed by atoms with van der Waals surface area (Å²) in [4.78, 5) is 18.1. The van der Waals surface area contributed by atoms with Gasteiger partial charge in [-0.05, 0) is 23.6 Å². The van der Waals surface area contributed by atoms with Gasteiger partial charge in [0.25, 0.3) is 0 Å². The van der Waals surface area contributed by atoms with E-state index in [2.05, 4.69) is 42.3 Å². The summed E-state index contributed by atoms with van der Waals surface area (Å²) in [5.41, 5.74) is 0. The van der Waals surface area contributed by atoms with Crippen molar-refractivity contribution < 1.29 is 4.74 Å². The molecule has 0 atom stereocenters. The van der Waals surface area contributed by atoms with Crippen LogP contribution in [-0.2, 0) is 11.3 Å². The number of ether oxygens (including phenoxy) is 1. The quantitative estimate of drug-likeness (QED) is 0.727. The zero-order valence-corrected chi connectivity index (χ0v) is 14.4. The van der Waals surface area contributed by atoms with Crippen LogP contribution in [-0.4, -0.2) is 48.2 Å². The first-order valence-electron chi connectivity index (χ1n) is 7.98. The van der Waals surface area contributed by atoms with E-state index in [1.54, 1.807) is 24.6 Å². The summed E-state index contributed by atoms with van der Waals surface area (Å²) in [6.07, 6.45) is 3.71. The highest BCUT2D eigenvalue weighted by molar-refractivity contribution is 7.17. The number of pyridine rings is 1. The van der Waals surface area contributed by atoms with Crippen LogP contribution in [0.5, 0.6) is 0 Å². The van der Waals surface area contributed by atoms with E-state index in [-0.39, 0.29) is 0 Å². The van der Waals surface area contributed by atoms with Gasteiger partial charge in [0.1, 0.15) is 18.2 Å². The van der Waals surface area contributed by atoms with Crippen LogP contribution in [0.1, 0.15) is 5.82 Å². The SMILES string of the molecule is COCc1nccc(N2CCN(c3nccc4sccc34)CC2)n1. The summed E-state index contributed by atoms with van der Waals surface area (Å²) in [5, 5.41) is 3.38. The van der Waals surface area contributed by atoms with Gasteiger partial charge in [-0.3, -0.25) is 0 Å². The van der Waals surface area contributed by atoms with Crippen molar-refractivity contribution in [1.82, 2.24) is 15.0 Å². The lowest BCUT2D eigenvalue weighted by Gasteiger charge is -2.36. The number of nitrogens with zero attached hydrogens (tertiary/aromatic N) is 5. The maximum Gasteiger partial charge on any atom is 0.156 e. The van der Waals surface area contributed by atoms with Gasteiger partial charge in [0.05, 0.1) is 0 Å². The molecule has 3 aromatic heterocycles. The average Bonchev–Trinajstić information content (AvgIpc) is 3.11. The standard InChI is InChI=1S/C17H19N5OS/c1-23-12-15-18-6-3-16(20-15)21-7-9-22(10-8-21)17-13-4-11-24-14(13)2-5-19-17/h2-6,11H,7-10,12H2,1H3. The van der Waals surface area contributed by atoms with Gasteiger partial charge < -0.3 is 14.5 Å². The van der Waals surface area contributed by atoms with Crippen molar-refractivity contribution in [3.63, 3.8) is 0 Å². The Balaban J connectivity index is 1.49. The molecule has 0 spiro atoms. The molecule has 0 aromatic carbocycles. The van der Waals surface area contributed by atoms with Gasteiger partial charge >= 0.3 is 0 Å². The van der Waals surface area contributed by atoms with Gasteiger partial charge in [0.2, 0.25) is 0 Å². The Morgan fingerprint density at radius 1 is 1.04 bits per heavy atom. The molecule has 1 fully saturated rings. The van der Waals surface area contributed by atoms with Gasteiger partial charge in [-0.2, -0.15) is 0 Å². The van der Waals surface area contributed by atoms with Crippen molar-refractivity contribution >= 4 is 33.1 Å². The van der Waals surface area contributed by atoms with Crippen molar-refractivity contribution in [2.45, 2.75) is 6.61 Å². The van der Waals surface area contributed by atoms with Crippen LogP contribution in [0, 0.1) is 0 Å². The van der Waals surface area contributed by atoms with Crippen LogP contribution < -0.4 is 9.80 Å². The number of rotatable bonds is 4. The maximum atomic E-state index is 5.12. The predicted octanol–water partition coefficient (Wildman–Crippen LogP) is 2.56. The molecule has 0 radical (unpaired) electrons. The van der Waals surface area contributed by atoms with Crippen LogP contribution in [0.15, 0.2) is 36.0 Å². The van der Waals surface area contributed by atoms with Crippen molar-refractivity contribution in [3.05, 3.63) is 41.8 Å². The number of anilines is 2. The van der Waals surface area contributed by atoms with Crippen molar-refractivity contribution in [1.29, 1.82) is 0 Å². The van der Waals surface area contributed by atoms with Gasteiger partial charge in [0, 0.05) is 55.8 Å². The lowest BCUT2D eigenvalue weighted by Crippen LogP contribution is -2.47. The Bertz CT molecular complexity index is 828. The minimum absolute atomic E-state index is 0.442. The van der Waals surface area contributed by atoms with E-state index < -0.39 is 0 Å².